The number of ether oxygens (including phenoxy) is 3. The molecule has 3 aromatic rings. The molecule has 3 aromatic heterocycles. The average molecular weight is 540 g/mol. The maximum atomic E-state index is 13.4. The van der Waals surface area contributed by atoms with Gasteiger partial charge >= 0.3 is 5.69 Å². The Labute approximate surface area is 203 Å². The largest absolute Gasteiger partial charge is 0.473 e. The lowest BCUT2D eigenvalue weighted by Crippen LogP contribution is -2.40. The first-order valence-electron chi connectivity index (χ1n) is 10.7. The lowest BCUT2D eigenvalue weighted by molar-refractivity contribution is -0.163. The van der Waals surface area contributed by atoms with E-state index in [1.54, 1.807) is 25.4 Å². The Balaban J connectivity index is 1.58. The van der Waals surface area contributed by atoms with Crippen LogP contribution in [0.3, 0.4) is 0 Å². The highest BCUT2D eigenvalue weighted by atomic mass is 79.9. The maximum Gasteiger partial charge on any atom is 0.332 e. The summed E-state index contributed by atoms with van der Waals surface area (Å²) in [4.78, 5) is 34.6. The van der Waals surface area contributed by atoms with Crippen LogP contribution in [0.5, 0.6) is 5.88 Å². The third-order valence-electron chi connectivity index (χ3n) is 5.44. The fraction of sp³-hybridized carbons (Fsp3) is 0.455. The van der Waals surface area contributed by atoms with E-state index in [4.69, 9.17) is 25.8 Å². The van der Waals surface area contributed by atoms with Gasteiger partial charge in [0.2, 0.25) is 5.88 Å². The van der Waals surface area contributed by atoms with Crippen LogP contribution in [-0.4, -0.2) is 38.6 Å². The molecule has 0 aromatic carbocycles. The Morgan fingerprint density at radius 1 is 1.24 bits per heavy atom. The minimum absolute atomic E-state index is 0.0593. The molecule has 176 valence electrons. The first-order chi connectivity index (χ1) is 16.0. The molecule has 0 radical (unpaired) electrons. The summed E-state index contributed by atoms with van der Waals surface area (Å²) in [7, 11) is 1.60. The topological polar surface area (TPSA) is 97.5 Å². The monoisotopic (exact) mass is 538 g/mol. The number of rotatable bonds is 8. The Morgan fingerprint density at radius 3 is 2.82 bits per heavy atom. The minimum atomic E-state index is -0.428. The Hall–Kier alpha value is -2.27. The Bertz CT molecular complexity index is 1240. The van der Waals surface area contributed by atoms with Crippen LogP contribution in [-0.2, 0) is 29.7 Å². The van der Waals surface area contributed by atoms with Gasteiger partial charge in [0.05, 0.1) is 17.0 Å². The third kappa shape index (κ3) is 5.46. The zero-order valence-corrected chi connectivity index (χ0v) is 20.5. The summed E-state index contributed by atoms with van der Waals surface area (Å²) in [6.07, 6.45) is 6.32. The predicted octanol–water partition coefficient (Wildman–Crippen LogP) is 3.42. The number of nitrogens with zero attached hydrogens (tertiary/aromatic N) is 4. The number of pyridine rings is 2. The number of aromatic nitrogens is 4. The smallest absolute Gasteiger partial charge is 0.332 e. The normalized spacial score (nSPS) is 16.3. The number of hydrogen-bond acceptors (Lipinski definition) is 7. The number of hydrogen-bond donors (Lipinski definition) is 0. The van der Waals surface area contributed by atoms with Gasteiger partial charge in [0.15, 0.2) is 6.29 Å². The van der Waals surface area contributed by atoms with Crippen LogP contribution in [0.4, 0.5) is 0 Å². The summed E-state index contributed by atoms with van der Waals surface area (Å²) in [5.41, 5.74) is 0.0258. The van der Waals surface area contributed by atoms with Crippen molar-refractivity contribution in [1.82, 2.24) is 19.1 Å². The van der Waals surface area contributed by atoms with Gasteiger partial charge in [-0.1, -0.05) is 11.6 Å². The molecule has 1 aliphatic rings. The molecule has 1 fully saturated rings. The Kier molecular flexibility index (Phi) is 7.79. The van der Waals surface area contributed by atoms with Crippen molar-refractivity contribution in [3.05, 3.63) is 60.4 Å². The number of halogens is 2. The first-order valence-corrected chi connectivity index (χ1v) is 11.9. The van der Waals surface area contributed by atoms with Crippen molar-refractivity contribution >= 4 is 38.6 Å². The molecule has 1 atom stereocenters. The Morgan fingerprint density at radius 2 is 2.09 bits per heavy atom. The van der Waals surface area contributed by atoms with E-state index in [9.17, 15) is 9.59 Å². The molecule has 0 saturated carbocycles. The van der Waals surface area contributed by atoms with Crippen LogP contribution < -0.4 is 16.0 Å². The highest BCUT2D eigenvalue weighted by Crippen LogP contribution is 2.23. The van der Waals surface area contributed by atoms with E-state index < -0.39 is 11.2 Å². The quantitative estimate of drug-likeness (QED) is 0.405. The van der Waals surface area contributed by atoms with Gasteiger partial charge in [-0.15, -0.1) is 0 Å². The lowest BCUT2D eigenvalue weighted by Gasteiger charge is -2.22. The summed E-state index contributed by atoms with van der Waals surface area (Å²) in [5.74, 6) is 0.364. The van der Waals surface area contributed by atoms with E-state index in [2.05, 4.69) is 25.9 Å². The minimum Gasteiger partial charge on any atom is -0.473 e. The molecule has 1 saturated heterocycles. The summed E-state index contributed by atoms with van der Waals surface area (Å²) in [5, 5.41) is 0.812. The van der Waals surface area contributed by atoms with Crippen molar-refractivity contribution < 1.29 is 14.2 Å². The maximum absolute atomic E-state index is 13.4. The van der Waals surface area contributed by atoms with Crippen molar-refractivity contribution in [2.45, 2.75) is 45.1 Å². The molecule has 33 heavy (non-hydrogen) atoms. The molecule has 0 bridgehead atoms. The highest BCUT2D eigenvalue weighted by Gasteiger charge is 2.19. The SMILES string of the molecule is Cn1c(=O)n(CCCOC2CCCCO2)c(=O)c2c(COc3ccc(Cl)cn3)c(Br)cnc21. The molecule has 4 heterocycles. The first kappa shape index (κ1) is 23.9. The van der Waals surface area contributed by atoms with Crippen molar-refractivity contribution in [2.75, 3.05) is 13.2 Å². The second kappa shape index (κ2) is 10.8. The van der Waals surface area contributed by atoms with Gasteiger partial charge < -0.3 is 14.2 Å². The molecule has 0 N–H and O–H groups in total. The van der Waals surface area contributed by atoms with Gasteiger partial charge in [-0.25, -0.2) is 14.8 Å². The molecule has 1 aliphatic heterocycles. The van der Waals surface area contributed by atoms with E-state index in [-0.39, 0.29) is 19.4 Å². The van der Waals surface area contributed by atoms with Gasteiger partial charge in [-0.3, -0.25) is 13.9 Å². The van der Waals surface area contributed by atoms with Crippen LogP contribution in [0.15, 0.2) is 38.6 Å². The van der Waals surface area contributed by atoms with Gasteiger partial charge in [0.1, 0.15) is 12.3 Å². The van der Waals surface area contributed by atoms with Crippen molar-refractivity contribution in [3.63, 3.8) is 0 Å². The van der Waals surface area contributed by atoms with E-state index in [0.29, 0.717) is 51.6 Å². The molecular weight excluding hydrogens is 516 g/mol. The van der Waals surface area contributed by atoms with Crippen LogP contribution >= 0.6 is 27.5 Å². The summed E-state index contributed by atoms with van der Waals surface area (Å²) >= 11 is 9.33. The summed E-state index contributed by atoms with van der Waals surface area (Å²) in [6.45, 7) is 1.38. The zero-order chi connectivity index (χ0) is 23.4. The van der Waals surface area contributed by atoms with Gasteiger partial charge in [0, 0.05) is 48.7 Å². The molecule has 9 nitrogen and oxygen atoms in total. The molecular formula is C22H24BrClN4O5. The van der Waals surface area contributed by atoms with E-state index >= 15 is 0 Å². The molecule has 0 spiro atoms. The fourth-order valence-electron chi connectivity index (χ4n) is 3.70. The van der Waals surface area contributed by atoms with Crippen molar-refractivity contribution in [2.24, 2.45) is 7.05 Å². The van der Waals surface area contributed by atoms with Crippen molar-refractivity contribution in [3.8, 4) is 5.88 Å². The summed E-state index contributed by atoms with van der Waals surface area (Å²) in [6, 6.07) is 3.31. The molecule has 0 aliphatic carbocycles. The number of aryl methyl sites for hydroxylation is 1. The lowest BCUT2D eigenvalue weighted by atomic mass is 10.2. The van der Waals surface area contributed by atoms with Gasteiger partial charge in [-0.2, -0.15) is 0 Å². The molecule has 0 amide bonds. The van der Waals surface area contributed by atoms with Gasteiger partial charge in [-0.05, 0) is 47.7 Å². The van der Waals surface area contributed by atoms with Crippen LogP contribution in [0.25, 0.3) is 11.0 Å². The predicted molar refractivity (Wildman–Crippen MR) is 127 cm³/mol. The van der Waals surface area contributed by atoms with Crippen LogP contribution in [0.2, 0.25) is 5.02 Å². The van der Waals surface area contributed by atoms with E-state index in [1.807, 2.05) is 0 Å². The zero-order valence-electron chi connectivity index (χ0n) is 18.1. The summed E-state index contributed by atoms with van der Waals surface area (Å²) < 4.78 is 20.3. The van der Waals surface area contributed by atoms with Gasteiger partial charge in [0.25, 0.3) is 5.56 Å². The number of fused-ring (bicyclic) bond motifs is 1. The van der Waals surface area contributed by atoms with Crippen molar-refractivity contribution in [1.29, 1.82) is 0 Å². The van der Waals surface area contributed by atoms with Crippen LogP contribution in [0.1, 0.15) is 31.2 Å². The standard InChI is InChI=1S/C22H24BrClN4O5/c1-27-20-19(15(16(23)12-26-20)13-33-17-7-6-14(24)11-25-17)21(29)28(22(27)30)8-4-10-32-18-5-2-3-9-31-18/h6-7,11-12,18H,2-5,8-10,13H2,1H3. The fourth-order valence-corrected chi connectivity index (χ4v) is 4.23. The molecule has 11 heteroatoms. The van der Waals surface area contributed by atoms with Crippen LogP contribution in [0, 0.1) is 0 Å². The average Bonchev–Trinajstić information content (AvgIpc) is 2.83. The van der Waals surface area contributed by atoms with E-state index in [1.165, 1.54) is 15.3 Å². The second-order valence-corrected chi connectivity index (χ2v) is 9.00. The van der Waals surface area contributed by atoms with E-state index in [0.717, 1.165) is 19.3 Å². The molecule has 1 unspecified atom stereocenters. The third-order valence-corrected chi connectivity index (χ3v) is 6.35. The highest BCUT2D eigenvalue weighted by molar-refractivity contribution is 9.10. The molecule has 4 rings (SSSR count). The second-order valence-electron chi connectivity index (χ2n) is 7.71.